The Labute approximate surface area is 69.3 Å². The van der Waals surface area contributed by atoms with E-state index >= 15 is 0 Å². The zero-order chi connectivity index (χ0) is 8.27. The van der Waals surface area contributed by atoms with Gasteiger partial charge in [0.1, 0.15) is 0 Å². The van der Waals surface area contributed by atoms with Crippen LogP contribution in [0.15, 0.2) is 0 Å². The molecule has 0 bridgehead atoms. The molecular formula is C6H11NO3S. The van der Waals surface area contributed by atoms with Gasteiger partial charge in [0.05, 0.1) is 6.10 Å². The van der Waals surface area contributed by atoms with E-state index in [0.717, 1.165) is 11.9 Å². The SMILES string of the molecule is O=C(O)SN1CCC(O)CC1. The highest BCUT2D eigenvalue weighted by Crippen LogP contribution is 2.18. The predicted octanol–water partition coefficient (Wildman–Crippen LogP) is 0.769. The Bertz CT molecular complexity index is 145. The zero-order valence-corrected chi connectivity index (χ0v) is 6.88. The van der Waals surface area contributed by atoms with Crippen LogP contribution < -0.4 is 0 Å². The van der Waals surface area contributed by atoms with Crippen molar-refractivity contribution in [3.05, 3.63) is 0 Å². The van der Waals surface area contributed by atoms with E-state index < -0.39 is 5.30 Å². The second kappa shape index (κ2) is 3.94. The van der Waals surface area contributed by atoms with Gasteiger partial charge < -0.3 is 10.2 Å². The van der Waals surface area contributed by atoms with E-state index in [0.29, 0.717) is 25.9 Å². The fraction of sp³-hybridized carbons (Fsp3) is 0.833. The molecule has 0 unspecified atom stereocenters. The van der Waals surface area contributed by atoms with E-state index in [-0.39, 0.29) is 6.10 Å². The van der Waals surface area contributed by atoms with Gasteiger partial charge in [-0.1, -0.05) is 0 Å². The number of aliphatic hydroxyl groups is 1. The third kappa shape index (κ3) is 3.09. The van der Waals surface area contributed by atoms with E-state index in [1.807, 2.05) is 0 Å². The third-order valence-electron chi connectivity index (χ3n) is 1.63. The fourth-order valence-corrected chi connectivity index (χ4v) is 1.66. The smallest absolute Gasteiger partial charge is 0.380 e. The summed E-state index contributed by atoms with van der Waals surface area (Å²) in [7, 11) is 0. The van der Waals surface area contributed by atoms with Gasteiger partial charge in [-0.25, -0.2) is 9.10 Å². The number of nitrogens with zero attached hydrogens (tertiary/aromatic N) is 1. The van der Waals surface area contributed by atoms with E-state index in [1.165, 1.54) is 0 Å². The van der Waals surface area contributed by atoms with Gasteiger partial charge in [-0.2, -0.15) is 0 Å². The normalized spacial score (nSPS) is 21.9. The molecule has 0 aromatic heterocycles. The summed E-state index contributed by atoms with van der Waals surface area (Å²) in [5, 5.41) is 16.6. The summed E-state index contributed by atoms with van der Waals surface area (Å²) in [5.41, 5.74) is 0. The van der Waals surface area contributed by atoms with Crippen molar-refractivity contribution in [3.63, 3.8) is 0 Å². The molecule has 1 fully saturated rings. The van der Waals surface area contributed by atoms with Crippen LogP contribution in [0.2, 0.25) is 0 Å². The van der Waals surface area contributed by atoms with Gasteiger partial charge in [-0.05, 0) is 12.8 Å². The molecule has 1 rings (SSSR count). The van der Waals surface area contributed by atoms with Crippen molar-refractivity contribution >= 4 is 17.2 Å². The Kier molecular flexibility index (Phi) is 3.16. The molecule has 2 N–H and O–H groups in total. The first-order valence-corrected chi connectivity index (χ1v) is 4.29. The molecule has 11 heavy (non-hydrogen) atoms. The quantitative estimate of drug-likeness (QED) is 0.579. The lowest BCUT2D eigenvalue weighted by Crippen LogP contribution is -2.31. The molecule has 1 saturated heterocycles. The maximum Gasteiger partial charge on any atom is 0.380 e. The van der Waals surface area contributed by atoms with Crippen molar-refractivity contribution in [2.75, 3.05) is 13.1 Å². The van der Waals surface area contributed by atoms with Crippen molar-refractivity contribution < 1.29 is 15.0 Å². The van der Waals surface area contributed by atoms with Crippen LogP contribution in [0.3, 0.4) is 0 Å². The van der Waals surface area contributed by atoms with Crippen molar-refractivity contribution in [2.45, 2.75) is 18.9 Å². The highest BCUT2D eigenvalue weighted by Gasteiger charge is 2.19. The average molecular weight is 177 g/mol. The van der Waals surface area contributed by atoms with Crippen LogP contribution in [-0.2, 0) is 0 Å². The van der Waals surface area contributed by atoms with Crippen molar-refractivity contribution in [2.24, 2.45) is 0 Å². The summed E-state index contributed by atoms with van der Waals surface area (Å²) in [4.78, 5) is 10.2. The van der Waals surface area contributed by atoms with Gasteiger partial charge in [0.25, 0.3) is 0 Å². The Morgan fingerprint density at radius 2 is 2.00 bits per heavy atom. The Hall–Kier alpha value is -0.260. The first-order valence-electron chi connectivity index (χ1n) is 3.52. The van der Waals surface area contributed by atoms with Gasteiger partial charge in [0, 0.05) is 25.0 Å². The number of rotatable bonds is 1. The molecule has 5 heteroatoms. The molecule has 0 aromatic rings. The molecule has 1 aliphatic heterocycles. The summed E-state index contributed by atoms with van der Waals surface area (Å²) >= 11 is 0.816. The minimum absolute atomic E-state index is 0.236. The fourth-order valence-electron chi connectivity index (χ4n) is 1.04. The lowest BCUT2D eigenvalue weighted by Gasteiger charge is -2.26. The van der Waals surface area contributed by atoms with E-state index in [1.54, 1.807) is 4.31 Å². The number of hydrogen-bond acceptors (Lipinski definition) is 4. The molecule has 4 nitrogen and oxygen atoms in total. The van der Waals surface area contributed by atoms with Gasteiger partial charge in [0.2, 0.25) is 0 Å². The number of carbonyl (C=O) groups is 1. The summed E-state index contributed by atoms with van der Waals surface area (Å²) in [6, 6.07) is 0. The summed E-state index contributed by atoms with van der Waals surface area (Å²) < 4.78 is 1.76. The largest absolute Gasteiger partial charge is 0.472 e. The third-order valence-corrected chi connectivity index (χ3v) is 2.41. The van der Waals surface area contributed by atoms with E-state index in [9.17, 15) is 4.79 Å². The number of carboxylic acid groups (broad SMARTS) is 1. The molecule has 0 radical (unpaired) electrons. The van der Waals surface area contributed by atoms with Crippen LogP contribution in [-0.4, -0.2) is 39.0 Å². The first kappa shape index (κ1) is 8.83. The van der Waals surface area contributed by atoms with Gasteiger partial charge in [-0.3, -0.25) is 0 Å². The number of piperidine rings is 1. The molecule has 0 aromatic carbocycles. The van der Waals surface area contributed by atoms with Crippen LogP contribution in [0.5, 0.6) is 0 Å². The Morgan fingerprint density at radius 3 is 2.45 bits per heavy atom. The molecule has 0 atom stereocenters. The molecule has 0 saturated carbocycles. The van der Waals surface area contributed by atoms with Crippen LogP contribution in [0, 0.1) is 0 Å². The Morgan fingerprint density at radius 1 is 1.45 bits per heavy atom. The van der Waals surface area contributed by atoms with Crippen molar-refractivity contribution in [1.82, 2.24) is 4.31 Å². The highest BCUT2D eigenvalue weighted by atomic mass is 32.2. The summed E-state index contributed by atoms with van der Waals surface area (Å²) in [6.45, 7) is 1.33. The van der Waals surface area contributed by atoms with Crippen LogP contribution in [0.25, 0.3) is 0 Å². The maximum atomic E-state index is 10.2. The zero-order valence-electron chi connectivity index (χ0n) is 6.06. The molecule has 1 aliphatic rings. The van der Waals surface area contributed by atoms with Crippen LogP contribution in [0.1, 0.15) is 12.8 Å². The first-order chi connectivity index (χ1) is 5.18. The molecule has 0 spiro atoms. The molecule has 1 heterocycles. The number of aliphatic hydroxyl groups excluding tert-OH is 1. The van der Waals surface area contributed by atoms with Gasteiger partial charge >= 0.3 is 5.30 Å². The molecule has 0 amide bonds. The highest BCUT2D eigenvalue weighted by molar-refractivity contribution is 8.11. The molecule has 0 aliphatic carbocycles. The molecular weight excluding hydrogens is 166 g/mol. The minimum Gasteiger partial charge on any atom is -0.472 e. The van der Waals surface area contributed by atoms with Crippen molar-refractivity contribution in [3.8, 4) is 0 Å². The van der Waals surface area contributed by atoms with Crippen LogP contribution >= 0.6 is 11.9 Å². The minimum atomic E-state index is -0.874. The second-order valence-electron chi connectivity index (χ2n) is 2.52. The lowest BCUT2D eigenvalue weighted by atomic mass is 10.1. The predicted molar refractivity (Wildman–Crippen MR) is 42.4 cm³/mol. The Balaban J connectivity index is 2.22. The summed E-state index contributed by atoms with van der Waals surface area (Å²) in [6.07, 6.45) is 1.13. The lowest BCUT2D eigenvalue weighted by molar-refractivity contribution is 0.116. The number of hydrogen-bond donors (Lipinski definition) is 2. The van der Waals surface area contributed by atoms with Crippen molar-refractivity contribution in [1.29, 1.82) is 0 Å². The van der Waals surface area contributed by atoms with E-state index in [2.05, 4.69) is 0 Å². The van der Waals surface area contributed by atoms with Gasteiger partial charge in [-0.15, -0.1) is 0 Å². The maximum absolute atomic E-state index is 10.2. The second-order valence-corrected chi connectivity index (χ2v) is 3.57. The standard InChI is InChI=1S/C6H11NO3S/c8-5-1-3-7(4-2-5)11-6(9)10/h5,8H,1-4H2,(H,9,10). The summed E-state index contributed by atoms with van der Waals surface area (Å²) in [5.74, 6) is 0. The average Bonchev–Trinajstić information content (AvgIpc) is 1.93. The van der Waals surface area contributed by atoms with Crippen LogP contribution in [0.4, 0.5) is 4.79 Å². The monoisotopic (exact) mass is 177 g/mol. The topological polar surface area (TPSA) is 60.8 Å². The van der Waals surface area contributed by atoms with E-state index in [4.69, 9.17) is 10.2 Å². The van der Waals surface area contributed by atoms with Gasteiger partial charge in [0.15, 0.2) is 0 Å². The molecule has 64 valence electrons.